The number of nitrogens with zero attached hydrogens (tertiary/aromatic N) is 2. The van der Waals surface area contributed by atoms with Gasteiger partial charge in [0.1, 0.15) is 5.76 Å². The standard InChI is InChI=1S/C16H21N3O3S/c1-9-4-13(22-19-9)5-12-7-21-8-14(12)18-16(20)6-15-10(2)17-11(3)23-15/h4,12,14H,5-8H2,1-3H3,(H,18,20)/t12-,14+/m0/s1. The lowest BCUT2D eigenvalue weighted by atomic mass is 9.98. The highest BCUT2D eigenvalue weighted by molar-refractivity contribution is 7.11. The van der Waals surface area contributed by atoms with Crippen LogP contribution in [0.3, 0.4) is 0 Å². The summed E-state index contributed by atoms with van der Waals surface area (Å²) in [6, 6.07) is 1.95. The summed E-state index contributed by atoms with van der Waals surface area (Å²) >= 11 is 1.58. The van der Waals surface area contributed by atoms with Gasteiger partial charge >= 0.3 is 0 Å². The van der Waals surface area contributed by atoms with Crippen LogP contribution in [0.1, 0.15) is 27.0 Å². The van der Waals surface area contributed by atoms with Crippen LogP contribution in [0.2, 0.25) is 0 Å². The fourth-order valence-corrected chi connectivity index (χ4v) is 3.81. The van der Waals surface area contributed by atoms with E-state index >= 15 is 0 Å². The van der Waals surface area contributed by atoms with Crippen LogP contribution >= 0.6 is 11.3 Å². The molecule has 0 saturated carbocycles. The van der Waals surface area contributed by atoms with Crippen molar-refractivity contribution in [3.05, 3.63) is 33.1 Å². The highest BCUT2D eigenvalue weighted by atomic mass is 32.1. The zero-order valence-corrected chi connectivity index (χ0v) is 14.4. The average molecular weight is 335 g/mol. The van der Waals surface area contributed by atoms with Crippen LogP contribution in [-0.2, 0) is 22.4 Å². The molecule has 124 valence electrons. The maximum atomic E-state index is 12.3. The molecule has 1 aliphatic heterocycles. The van der Waals surface area contributed by atoms with Crippen LogP contribution in [0.25, 0.3) is 0 Å². The normalized spacial score (nSPS) is 20.8. The Hall–Kier alpha value is -1.73. The van der Waals surface area contributed by atoms with Gasteiger partial charge in [0.2, 0.25) is 5.91 Å². The molecule has 7 heteroatoms. The third-order valence-corrected chi connectivity index (χ3v) is 5.08. The molecule has 0 bridgehead atoms. The number of carbonyl (C=O) groups excluding carboxylic acids is 1. The van der Waals surface area contributed by atoms with Gasteiger partial charge in [-0.25, -0.2) is 4.98 Å². The van der Waals surface area contributed by atoms with Crippen LogP contribution in [0, 0.1) is 26.7 Å². The predicted octanol–water partition coefficient (Wildman–Crippen LogP) is 1.97. The second-order valence-electron chi connectivity index (χ2n) is 6.03. The number of nitrogens with one attached hydrogen (secondary N) is 1. The molecule has 1 saturated heterocycles. The molecule has 1 amide bonds. The lowest BCUT2D eigenvalue weighted by Crippen LogP contribution is -2.41. The molecule has 1 N–H and O–H groups in total. The van der Waals surface area contributed by atoms with Crippen molar-refractivity contribution in [2.75, 3.05) is 13.2 Å². The molecular weight excluding hydrogens is 314 g/mol. The monoisotopic (exact) mass is 335 g/mol. The van der Waals surface area contributed by atoms with Crippen molar-refractivity contribution in [3.63, 3.8) is 0 Å². The summed E-state index contributed by atoms with van der Waals surface area (Å²) in [5.74, 6) is 1.08. The van der Waals surface area contributed by atoms with Crippen LogP contribution in [0.5, 0.6) is 0 Å². The van der Waals surface area contributed by atoms with Crippen LogP contribution < -0.4 is 5.32 Å². The molecule has 0 spiro atoms. The maximum absolute atomic E-state index is 12.3. The fraction of sp³-hybridized carbons (Fsp3) is 0.562. The van der Waals surface area contributed by atoms with Crippen molar-refractivity contribution in [1.82, 2.24) is 15.5 Å². The number of hydrogen-bond acceptors (Lipinski definition) is 6. The van der Waals surface area contributed by atoms with E-state index in [9.17, 15) is 4.79 Å². The Balaban J connectivity index is 1.57. The summed E-state index contributed by atoms with van der Waals surface area (Å²) < 4.78 is 10.8. The van der Waals surface area contributed by atoms with Gasteiger partial charge < -0.3 is 14.6 Å². The number of hydrogen-bond donors (Lipinski definition) is 1. The summed E-state index contributed by atoms with van der Waals surface area (Å²) in [6.45, 7) is 6.98. The first-order chi connectivity index (χ1) is 11.0. The largest absolute Gasteiger partial charge is 0.379 e. The molecule has 2 atom stereocenters. The molecule has 2 aromatic rings. The molecule has 23 heavy (non-hydrogen) atoms. The van der Waals surface area contributed by atoms with Crippen LogP contribution in [-0.4, -0.2) is 35.3 Å². The minimum absolute atomic E-state index is 0.0160. The van der Waals surface area contributed by atoms with Gasteiger partial charge in [0.15, 0.2) is 0 Å². The van der Waals surface area contributed by atoms with E-state index in [2.05, 4.69) is 15.5 Å². The lowest BCUT2D eigenvalue weighted by molar-refractivity contribution is -0.121. The zero-order valence-electron chi connectivity index (χ0n) is 13.6. The Morgan fingerprint density at radius 2 is 2.22 bits per heavy atom. The maximum Gasteiger partial charge on any atom is 0.225 e. The fourth-order valence-electron chi connectivity index (χ4n) is 2.87. The third kappa shape index (κ3) is 3.97. The van der Waals surface area contributed by atoms with Gasteiger partial charge in [-0.1, -0.05) is 5.16 Å². The average Bonchev–Trinajstić information content (AvgIpc) is 3.15. The van der Waals surface area contributed by atoms with Gasteiger partial charge in [0.25, 0.3) is 0 Å². The Morgan fingerprint density at radius 3 is 2.87 bits per heavy atom. The first-order valence-corrected chi connectivity index (χ1v) is 8.55. The second-order valence-corrected chi connectivity index (χ2v) is 7.32. The van der Waals surface area contributed by atoms with E-state index in [0.717, 1.165) is 33.5 Å². The Labute approximate surface area is 139 Å². The van der Waals surface area contributed by atoms with Crippen LogP contribution in [0.15, 0.2) is 10.6 Å². The summed E-state index contributed by atoms with van der Waals surface area (Å²) in [5, 5.41) is 7.99. The van der Waals surface area contributed by atoms with E-state index in [0.29, 0.717) is 19.6 Å². The quantitative estimate of drug-likeness (QED) is 0.904. The number of thiazole rings is 1. The Morgan fingerprint density at radius 1 is 1.39 bits per heavy atom. The van der Waals surface area contributed by atoms with E-state index in [1.165, 1.54) is 0 Å². The van der Waals surface area contributed by atoms with E-state index < -0.39 is 0 Å². The van der Waals surface area contributed by atoms with E-state index in [-0.39, 0.29) is 17.9 Å². The molecule has 0 aliphatic carbocycles. The molecule has 0 aromatic carbocycles. The van der Waals surface area contributed by atoms with Crippen molar-refractivity contribution < 1.29 is 14.1 Å². The van der Waals surface area contributed by atoms with Gasteiger partial charge in [-0.05, 0) is 20.8 Å². The first kappa shape index (κ1) is 16.1. The number of rotatable bonds is 5. The molecule has 1 aliphatic rings. The predicted molar refractivity (Wildman–Crippen MR) is 86.5 cm³/mol. The van der Waals surface area contributed by atoms with Crippen molar-refractivity contribution in [1.29, 1.82) is 0 Å². The summed E-state index contributed by atoms with van der Waals surface area (Å²) in [4.78, 5) is 17.7. The molecule has 0 radical (unpaired) electrons. The SMILES string of the molecule is Cc1cc(C[C@H]2COC[C@H]2NC(=O)Cc2sc(C)nc2C)on1. The minimum Gasteiger partial charge on any atom is -0.379 e. The molecular formula is C16H21N3O3S. The third-order valence-electron chi connectivity index (χ3n) is 4.01. The lowest BCUT2D eigenvalue weighted by Gasteiger charge is -2.17. The summed E-state index contributed by atoms with van der Waals surface area (Å²) in [5.41, 5.74) is 1.81. The van der Waals surface area contributed by atoms with Crippen LogP contribution in [0.4, 0.5) is 0 Å². The number of aryl methyl sites for hydroxylation is 3. The number of carbonyl (C=O) groups is 1. The molecule has 0 unspecified atom stereocenters. The molecule has 6 nitrogen and oxygen atoms in total. The topological polar surface area (TPSA) is 77.2 Å². The smallest absolute Gasteiger partial charge is 0.225 e. The highest BCUT2D eigenvalue weighted by Gasteiger charge is 2.30. The Bertz CT molecular complexity index is 695. The molecule has 1 fully saturated rings. The minimum atomic E-state index is 0.0160. The van der Waals surface area contributed by atoms with Gasteiger partial charge in [-0.2, -0.15) is 0 Å². The van der Waals surface area contributed by atoms with Crippen molar-refractivity contribution in [3.8, 4) is 0 Å². The summed E-state index contributed by atoms with van der Waals surface area (Å²) in [7, 11) is 0. The van der Waals surface area contributed by atoms with Crippen molar-refractivity contribution >= 4 is 17.2 Å². The van der Waals surface area contributed by atoms with E-state index in [1.807, 2.05) is 26.8 Å². The van der Waals surface area contributed by atoms with Gasteiger partial charge in [0, 0.05) is 23.3 Å². The zero-order chi connectivity index (χ0) is 16.4. The first-order valence-electron chi connectivity index (χ1n) is 7.73. The van der Waals surface area contributed by atoms with Gasteiger partial charge in [0.05, 0.1) is 42.1 Å². The number of amides is 1. The number of aromatic nitrogens is 2. The second kappa shape index (κ2) is 6.80. The molecule has 3 rings (SSSR count). The molecule has 2 aromatic heterocycles. The van der Waals surface area contributed by atoms with E-state index in [1.54, 1.807) is 11.3 Å². The van der Waals surface area contributed by atoms with Gasteiger partial charge in [-0.15, -0.1) is 11.3 Å². The van der Waals surface area contributed by atoms with Crippen molar-refractivity contribution in [2.24, 2.45) is 5.92 Å². The molecule has 3 heterocycles. The van der Waals surface area contributed by atoms with E-state index in [4.69, 9.17) is 9.26 Å². The Kier molecular flexibility index (Phi) is 4.77. The summed E-state index contributed by atoms with van der Waals surface area (Å²) in [6.07, 6.45) is 1.10. The number of ether oxygens (including phenoxy) is 1. The van der Waals surface area contributed by atoms with Gasteiger partial charge in [-0.3, -0.25) is 4.79 Å². The highest BCUT2D eigenvalue weighted by Crippen LogP contribution is 2.21. The van der Waals surface area contributed by atoms with Crippen molar-refractivity contribution in [2.45, 2.75) is 39.7 Å².